The van der Waals surface area contributed by atoms with Crippen LogP contribution in [0.4, 0.5) is 5.69 Å². The molecule has 0 atom stereocenters. The van der Waals surface area contributed by atoms with Crippen molar-refractivity contribution in [1.82, 2.24) is 0 Å². The summed E-state index contributed by atoms with van der Waals surface area (Å²) in [6.07, 6.45) is 1.85. The van der Waals surface area contributed by atoms with Gasteiger partial charge in [-0.05, 0) is 42.7 Å². The van der Waals surface area contributed by atoms with Gasteiger partial charge in [0.2, 0.25) is 0 Å². The Hall–Kier alpha value is -2.47. The lowest BCUT2D eigenvalue weighted by Crippen LogP contribution is -2.00. The number of nitrogens with two attached hydrogens (primary N) is 1. The molecular formula is C16H16N2O. The van der Waals surface area contributed by atoms with Gasteiger partial charge in [-0.3, -0.25) is 0 Å². The van der Waals surface area contributed by atoms with Crippen LogP contribution in [0.2, 0.25) is 0 Å². The van der Waals surface area contributed by atoms with Crippen molar-refractivity contribution in [1.29, 1.82) is 5.26 Å². The molecule has 0 aromatic heterocycles. The number of nitrogens with zero attached hydrogens (tertiary/aromatic N) is 1. The molecule has 0 bridgehead atoms. The van der Waals surface area contributed by atoms with E-state index < -0.39 is 0 Å². The molecule has 0 unspecified atom stereocenters. The minimum absolute atomic E-state index is 0.579. The Labute approximate surface area is 113 Å². The van der Waals surface area contributed by atoms with Gasteiger partial charge in [0.05, 0.1) is 12.2 Å². The van der Waals surface area contributed by atoms with Crippen LogP contribution in [0.15, 0.2) is 48.5 Å². The van der Waals surface area contributed by atoms with Crippen molar-refractivity contribution < 1.29 is 4.74 Å². The van der Waals surface area contributed by atoms with E-state index >= 15 is 0 Å². The number of hydrogen-bond donors (Lipinski definition) is 1. The topological polar surface area (TPSA) is 59.0 Å². The fraction of sp³-hybridized carbons (Fsp3) is 0.188. The Morgan fingerprint density at radius 1 is 1.05 bits per heavy atom. The Balaban J connectivity index is 1.81. The molecule has 0 radical (unpaired) electrons. The van der Waals surface area contributed by atoms with Crippen LogP contribution >= 0.6 is 0 Å². The largest absolute Gasteiger partial charge is 0.492 e. The molecule has 0 fully saturated rings. The molecule has 0 spiro atoms. The summed E-state index contributed by atoms with van der Waals surface area (Å²) in [4.78, 5) is 0. The number of rotatable bonds is 5. The second kappa shape index (κ2) is 6.46. The average Bonchev–Trinajstić information content (AvgIpc) is 2.46. The van der Waals surface area contributed by atoms with Gasteiger partial charge >= 0.3 is 0 Å². The molecular weight excluding hydrogens is 236 g/mol. The van der Waals surface area contributed by atoms with Gasteiger partial charge in [-0.1, -0.05) is 24.3 Å². The van der Waals surface area contributed by atoms with Gasteiger partial charge in [0.25, 0.3) is 0 Å². The van der Waals surface area contributed by atoms with Crippen molar-refractivity contribution in [2.45, 2.75) is 12.8 Å². The molecule has 2 N–H and O–H groups in total. The Bertz CT molecular complexity index is 570. The lowest BCUT2D eigenvalue weighted by molar-refractivity contribution is 0.310. The maximum Gasteiger partial charge on any atom is 0.137 e. The predicted molar refractivity (Wildman–Crippen MR) is 75.8 cm³/mol. The summed E-state index contributed by atoms with van der Waals surface area (Å²) in [5.74, 6) is 0.655. The first-order valence-corrected chi connectivity index (χ1v) is 6.26. The number of benzene rings is 2. The van der Waals surface area contributed by atoms with Crippen molar-refractivity contribution in [3.05, 3.63) is 59.7 Å². The van der Waals surface area contributed by atoms with Crippen LogP contribution in [0.25, 0.3) is 0 Å². The summed E-state index contributed by atoms with van der Waals surface area (Å²) >= 11 is 0. The van der Waals surface area contributed by atoms with E-state index in [1.165, 1.54) is 5.56 Å². The molecule has 2 aromatic rings. The molecule has 0 heterocycles. The van der Waals surface area contributed by atoms with Crippen LogP contribution in [-0.4, -0.2) is 6.61 Å². The molecule has 3 nitrogen and oxygen atoms in total. The van der Waals surface area contributed by atoms with Gasteiger partial charge in [0, 0.05) is 5.69 Å². The second-order valence-corrected chi connectivity index (χ2v) is 4.30. The molecule has 96 valence electrons. The second-order valence-electron chi connectivity index (χ2n) is 4.30. The van der Waals surface area contributed by atoms with E-state index in [1.54, 1.807) is 6.07 Å². The lowest BCUT2D eigenvalue weighted by atomic mass is 10.1. The Morgan fingerprint density at radius 3 is 2.53 bits per heavy atom. The first-order valence-electron chi connectivity index (χ1n) is 6.26. The van der Waals surface area contributed by atoms with Crippen molar-refractivity contribution in [2.75, 3.05) is 12.3 Å². The normalized spacial score (nSPS) is 9.84. The molecule has 19 heavy (non-hydrogen) atoms. The highest BCUT2D eigenvalue weighted by Crippen LogP contribution is 2.17. The van der Waals surface area contributed by atoms with Gasteiger partial charge in [-0.2, -0.15) is 5.26 Å². The van der Waals surface area contributed by atoms with E-state index in [-0.39, 0.29) is 0 Å². The number of hydrogen-bond acceptors (Lipinski definition) is 3. The molecule has 0 aliphatic carbocycles. The summed E-state index contributed by atoms with van der Waals surface area (Å²) in [7, 11) is 0. The van der Waals surface area contributed by atoms with Crippen molar-refractivity contribution in [2.24, 2.45) is 0 Å². The zero-order chi connectivity index (χ0) is 13.5. The monoisotopic (exact) mass is 252 g/mol. The molecule has 3 heteroatoms. The maximum absolute atomic E-state index is 8.94. The van der Waals surface area contributed by atoms with Crippen LogP contribution in [0, 0.1) is 11.3 Å². The number of nitriles is 1. The molecule has 0 saturated carbocycles. The summed E-state index contributed by atoms with van der Waals surface area (Å²) in [6.45, 7) is 0.600. The van der Waals surface area contributed by atoms with Crippen LogP contribution in [0.3, 0.4) is 0 Å². The van der Waals surface area contributed by atoms with Gasteiger partial charge in [0.1, 0.15) is 11.8 Å². The average molecular weight is 252 g/mol. The minimum atomic E-state index is 0.579. The van der Waals surface area contributed by atoms with Gasteiger partial charge in [0.15, 0.2) is 0 Å². The maximum atomic E-state index is 8.94. The van der Waals surface area contributed by atoms with E-state index in [9.17, 15) is 0 Å². The summed E-state index contributed by atoms with van der Waals surface area (Å²) in [6, 6.07) is 17.3. The van der Waals surface area contributed by atoms with E-state index in [1.807, 2.05) is 42.5 Å². The Kier molecular flexibility index (Phi) is 4.41. The number of nitrogen functional groups attached to an aromatic ring is 1. The number of aryl methyl sites for hydroxylation is 1. The zero-order valence-corrected chi connectivity index (χ0v) is 10.7. The van der Waals surface area contributed by atoms with Gasteiger partial charge in [-0.15, -0.1) is 0 Å². The summed E-state index contributed by atoms with van der Waals surface area (Å²) in [5.41, 5.74) is 8.24. The fourth-order valence-electron chi connectivity index (χ4n) is 1.83. The third kappa shape index (κ3) is 3.75. The highest BCUT2D eigenvalue weighted by molar-refractivity contribution is 5.42. The molecule has 0 aliphatic rings. The van der Waals surface area contributed by atoms with E-state index in [0.717, 1.165) is 18.5 Å². The van der Waals surface area contributed by atoms with Crippen LogP contribution < -0.4 is 10.5 Å². The van der Waals surface area contributed by atoms with Gasteiger partial charge in [-0.25, -0.2) is 0 Å². The molecule has 2 rings (SSSR count). The highest BCUT2D eigenvalue weighted by Gasteiger charge is 2.01. The number of ether oxygens (including phenoxy) is 1. The third-order valence-electron chi connectivity index (χ3n) is 2.85. The molecule has 0 saturated heterocycles. The van der Waals surface area contributed by atoms with Crippen molar-refractivity contribution in [3.8, 4) is 11.8 Å². The van der Waals surface area contributed by atoms with E-state index in [0.29, 0.717) is 17.9 Å². The Morgan fingerprint density at radius 2 is 1.79 bits per heavy atom. The summed E-state index contributed by atoms with van der Waals surface area (Å²) < 4.78 is 5.63. The van der Waals surface area contributed by atoms with Crippen molar-refractivity contribution in [3.63, 3.8) is 0 Å². The predicted octanol–water partition coefficient (Wildman–Crippen LogP) is 3.15. The number of anilines is 1. The van der Waals surface area contributed by atoms with Crippen LogP contribution in [-0.2, 0) is 6.42 Å². The van der Waals surface area contributed by atoms with E-state index in [2.05, 4.69) is 6.07 Å². The highest BCUT2D eigenvalue weighted by atomic mass is 16.5. The zero-order valence-electron chi connectivity index (χ0n) is 10.7. The standard InChI is InChI=1S/C16H16N2O/c17-12-14-5-1-2-6-16(14)19-11-3-4-13-7-9-15(18)10-8-13/h1-2,5-10H,3-4,11,18H2. The number of para-hydroxylation sites is 1. The quantitative estimate of drug-likeness (QED) is 0.657. The SMILES string of the molecule is N#Cc1ccccc1OCCCc1ccc(N)cc1. The first-order chi connectivity index (χ1) is 9.29. The molecule has 0 amide bonds. The first kappa shape index (κ1) is 13.0. The van der Waals surface area contributed by atoms with Gasteiger partial charge < -0.3 is 10.5 Å². The molecule has 2 aromatic carbocycles. The minimum Gasteiger partial charge on any atom is -0.492 e. The van der Waals surface area contributed by atoms with Crippen molar-refractivity contribution >= 4 is 5.69 Å². The van der Waals surface area contributed by atoms with E-state index in [4.69, 9.17) is 15.7 Å². The van der Waals surface area contributed by atoms with Crippen LogP contribution in [0.5, 0.6) is 5.75 Å². The smallest absolute Gasteiger partial charge is 0.137 e. The fourth-order valence-corrected chi connectivity index (χ4v) is 1.83. The molecule has 0 aliphatic heterocycles. The third-order valence-corrected chi connectivity index (χ3v) is 2.85. The lowest BCUT2D eigenvalue weighted by Gasteiger charge is -2.07. The summed E-state index contributed by atoms with van der Waals surface area (Å²) in [5, 5.41) is 8.94. The van der Waals surface area contributed by atoms with Crippen LogP contribution in [0.1, 0.15) is 17.5 Å².